The molecule has 0 bridgehead atoms. The van der Waals surface area contributed by atoms with Gasteiger partial charge < -0.3 is 14.0 Å². The Bertz CT molecular complexity index is 306. The molecule has 1 saturated heterocycles. The van der Waals surface area contributed by atoms with Gasteiger partial charge in [0.25, 0.3) is 0 Å². The van der Waals surface area contributed by atoms with Crippen LogP contribution >= 0.6 is 0 Å². The predicted octanol–water partition coefficient (Wildman–Crippen LogP) is 1.98. The monoisotopic (exact) mass is 240 g/mol. The van der Waals surface area contributed by atoms with E-state index in [9.17, 15) is 4.79 Å². The van der Waals surface area contributed by atoms with E-state index >= 15 is 0 Å². The first kappa shape index (κ1) is 14.3. The molecule has 0 spiro atoms. The van der Waals surface area contributed by atoms with Gasteiger partial charge in [-0.05, 0) is 34.6 Å². The maximum absolute atomic E-state index is 11.2. The van der Waals surface area contributed by atoms with Gasteiger partial charge in [-0.25, -0.2) is 0 Å². The van der Waals surface area contributed by atoms with Crippen LogP contribution in [0.3, 0.4) is 0 Å². The Balaban J connectivity index is 2.62. The molecule has 96 valence electrons. The summed E-state index contributed by atoms with van der Waals surface area (Å²) >= 11 is 0. The fraction of sp³-hybridized carbons (Fsp3) is 0.750. The van der Waals surface area contributed by atoms with Crippen molar-refractivity contribution in [3.63, 3.8) is 0 Å². The molecule has 1 rings (SSSR count). The van der Waals surface area contributed by atoms with Gasteiger partial charge in [-0.15, -0.1) is 0 Å². The topological polar surface area (TPSA) is 44.8 Å². The molecule has 5 heteroatoms. The van der Waals surface area contributed by atoms with Gasteiger partial charge >= 0.3 is 13.1 Å². The lowest BCUT2D eigenvalue weighted by Crippen LogP contribution is -2.41. The van der Waals surface area contributed by atoms with Crippen LogP contribution in [0.25, 0.3) is 0 Å². The number of hydrogen-bond donors (Lipinski definition) is 0. The molecule has 0 aromatic heterocycles. The molecule has 1 fully saturated rings. The van der Waals surface area contributed by atoms with Gasteiger partial charge in [-0.3, -0.25) is 4.79 Å². The minimum absolute atomic E-state index is 0.266. The molecule has 0 N–H and O–H groups in total. The fourth-order valence-corrected chi connectivity index (χ4v) is 1.49. The third kappa shape index (κ3) is 3.10. The van der Waals surface area contributed by atoms with E-state index in [-0.39, 0.29) is 23.1 Å². The molecule has 1 atom stereocenters. The first-order chi connectivity index (χ1) is 7.69. The van der Waals surface area contributed by atoms with Crippen molar-refractivity contribution in [1.82, 2.24) is 0 Å². The highest BCUT2D eigenvalue weighted by Gasteiger charge is 2.50. The molecular formula is C12H21BO4. The number of ether oxygens (including phenoxy) is 1. The molecule has 0 amide bonds. The van der Waals surface area contributed by atoms with Crippen LogP contribution < -0.4 is 0 Å². The second-order valence-electron chi connectivity index (χ2n) is 5.32. The molecule has 4 nitrogen and oxygen atoms in total. The molecule has 0 aromatic rings. The third-order valence-electron chi connectivity index (χ3n) is 3.40. The normalized spacial score (nSPS) is 24.0. The summed E-state index contributed by atoms with van der Waals surface area (Å²) in [5, 5.41) is 0. The van der Waals surface area contributed by atoms with E-state index in [2.05, 4.69) is 4.74 Å². The lowest BCUT2D eigenvalue weighted by atomic mass is 9.88. The highest BCUT2D eigenvalue weighted by molar-refractivity contribution is 6.51. The lowest BCUT2D eigenvalue weighted by Gasteiger charge is -2.32. The zero-order valence-corrected chi connectivity index (χ0v) is 11.4. The molecule has 1 aliphatic heterocycles. The Kier molecular flexibility index (Phi) is 4.04. The molecule has 0 radical (unpaired) electrons. The van der Waals surface area contributed by atoms with Crippen molar-refractivity contribution < 1.29 is 18.8 Å². The molecule has 1 unspecified atom stereocenters. The largest absolute Gasteiger partial charge is 0.486 e. The first-order valence-corrected chi connectivity index (χ1v) is 5.81. The summed E-state index contributed by atoms with van der Waals surface area (Å²) in [6.07, 6.45) is 1.74. The zero-order valence-electron chi connectivity index (χ0n) is 11.4. The van der Waals surface area contributed by atoms with Crippen molar-refractivity contribution in [1.29, 1.82) is 0 Å². The lowest BCUT2D eigenvalue weighted by molar-refractivity contribution is -0.143. The average Bonchev–Trinajstić information content (AvgIpc) is 2.43. The zero-order chi connectivity index (χ0) is 13.3. The van der Waals surface area contributed by atoms with Crippen LogP contribution in [0.2, 0.25) is 0 Å². The molecule has 0 aromatic carbocycles. The van der Waals surface area contributed by atoms with Crippen LogP contribution in [0.4, 0.5) is 0 Å². The van der Waals surface area contributed by atoms with Gasteiger partial charge in [0, 0.05) is 0 Å². The second-order valence-corrected chi connectivity index (χ2v) is 5.32. The van der Waals surface area contributed by atoms with Crippen LogP contribution in [-0.4, -0.2) is 31.4 Å². The first-order valence-electron chi connectivity index (χ1n) is 5.81. The van der Waals surface area contributed by atoms with Gasteiger partial charge in [0.05, 0.1) is 24.2 Å². The predicted molar refractivity (Wildman–Crippen MR) is 66.4 cm³/mol. The van der Waals surface area contributed by atoms with Crippen molar-refractivity contribution in [2.75, 3.05) is 7.11 Å². The molecule has 17 heavy (non-hydrogen) atoms. The summed E-state index contributed by atoms with van der Waals surface area (Å²) in [6, 6.07) is 0. The Hall–Kier alpha value is -0.805. The van der Waals surface area contributed by atoms with Gasteiger partial charge in [0.1, 0.15) is 0 Å². The minimum atomic E-state index is -0.410. The van der Waals surface area contributed by atoms with Gasteiger partial charge in [0.15, 0.2) is 0 Å². The van der Waals surface area contributed by atoms with E-state index in [1.165, 1.54) is 7.11 Å². The van der Waals surface area contributed by atoms with E-state index in [4.69, 9.17) is 9.31 Å². The van der Waals surface area contributed by atoms with Crippen LogP contribution in [0.1, 0.15) is 34.6 Å². The van der Waals surface area contributed by atoms with Crippen LogP contribution in [0.5, 0.6) is 0 Å². The van der Waals surface area contributed by atoms with Gasteiger partial charge in [0.2, 0.25) is 0 Å². The number of carbonyl (C=O) groups excluding carboxylic acids is 1. The average molecular weight is 240 g/mol. The minimum Gasteiger partial charge on any atom is -0.469 e. The summed E-state index contributed by atoms with van der Waals surface area (Å²) in [5.41, 5.74) is -0.701. The summed E-state index contributed by atoms with van der Waals surface area (Å²) < 4.78 is 16.2. The van der Waals surface area contributed by atoms with Crippen LogP contribution in [0, 0.1) is 5.92 Å². The molecule has 1 aliphatic rings. The quantitative estimate of drug-likeness (QED) is 0.559. The SMILES string of the molecule is COC(=O)C(C)/C=C/B1OC(C)(C)C(C)(C)O1. The van der Waals surface area contributed by atoms with E-state index in [1.807, 2.05) is 27.7 Å². The molecule has 1 heterocycles. The fourth-order valence-electron chi connectivity index (χ4n) is 1.49. The summed E-state index contributed by atoms with van der Waals surface area (Å²) in [4.78, 5) is 11.2. The van der Waals surface area contributed by atoms with E-state index in [0.29, 0.717) is 0 Å². The number of esters is 1. The summed E-state index contributed by atoms with van der Waals surface area (Å²) in [6.45, 7) is 9.73. The van der Waals surface area contributed by atoms with Crippen LogP contribution in [0.15, 0.2) is 12.1 Å². The van der Waals surface area contributed by atoms with Crippen molar-refractivity contribution >= 4 is 13.1 Å². The van der Waals surface area contributed by atoms with Gasteiger partial charge in [-0.2, -0.15) is 0 Å². The highest BCUT2D eigenvalue weighted by Crippen LogP contribution is 2.36. The van der Waals surface area contributed by atoms with Crippen molar-refractivity contribution in [2.24, 2.45) is 5.92 Å². The maximum atomic E-state index is 11.2. The number of rotatable bonds is 3. The molecule has 0 saturated carbocycles. The molecular weight excluding hydrogens is 219 g/mol. The van der Waals surface area contributed by atoms with Gasteiger partial charge in [-0.1, -0.05) is 12.1 Å². The van der Waals surface area contributed by atoms with Crippen molar-refractivity contribution in [3.05, 3.63) is 12.1 Å². The number of carbonyl (C=O) groups is 1. The number of hydrogen-bond acceptors (Lipinski definition) is 4. The highest BCUT2D eigenvalue weighted by atomic mass is 16.7. The van der Waals surface area contributed by atoms with E-state index < -0.39 is 7.12 Å². The Morgan fingerprint density at radius 2 is 1.71 bits per heavy atom. The van der Waals surface area contributed by atoms with Crippen molar-refractivity contribution in [3.8, 4) is 0 Å². The number of methoxy groups -OCH3 is 1. The van der Waals surface area contributed by atoms with Crippen LogP contribution in [-0.2, 0) is 18.8 Å². The Labute approximate surface area is 103 Å². The van der Waals surface area contributed by atoms with E-state index in [0.717, 1.165) is 0 Å². The smallest absolute Gasteiger partial charge is 0.469 e. The van der Waals surface area contributed by atoms with E-state index in [1.54, 1.807) is 19.0 Å². The summed E-state index contributed by atoms with van der Waals surface area (Å²) in [5.74, 6) is 1.20. The third-order valence-corrected chi connectivity index (χ3v) is 3.40. The maximum Gasteiger partial charge on any atom is 0.486 e. The Morgan fingerprint density at radius 3 is 2.12 bits per heavy atom. The molecule has 0 aliphatic carbocycles. The standard InChI is InChI=1S/C12H21BO4/c1-9(10(14)15-6)7-8-13-16-11(2,3)12(4,5)17-13/h7-9H,1-6H3/b8-7+. The second kappa shape index (κ2) is 4.82. The summed E-state index contributed by atoms with van der Waals surface area (Å²) in [7, 11) is 0.966. The Morgan fingerprint density at radius 1 is 1.24 bits per heavy atom. The van der Waals surface area contributed by atoms with Crippen molar-refractivity contribution in [2.45, 2.75) is 45.8 Å².